The predicted molar refractivity (Wildman–Crippen MR) is 114 cm³/mol. The Labute approximate surface area is 181 Å². The second-order valence-electron chi connectivity index (χ2n) is 6.84. The van der Waals surface area contributed by atoms with Crippen LogP contribution >= 0.6 is 11.6 Å². The highest BCUT2D eigenvalue weighted by molar-refractivity contribution is 7.89. The molecule has 0 saturated carbocycles. The molecule has 30 heavy (non-hydrogen) atoms. The zero-order valence-electron chi connectivity index (χ0n) is 16.6. The Kier molecular flexibility index (Phi) is 7.19. The minimum absolute atomic E-state index is 0.121. The first-order valence-electron chi connectivity index (χ1n) is 9.39. The van der Waals surface area contributed by atoms with Crippen molar-refractivity contribution in [1.82, 2.24) is 9.80 Å². The number of carbonyl (C=O) groups is 1. The van der Waals surface area contributed by atoms with Gasteiger partial charge < -0.3 is 14.4 Å². The molecule has 0 aliphatic carbocycles. The SMILES string of the molecule is COc1ccc(S(N)(=O)=O)cc1C(=O)N1CCN(CCOc2ccc(Cl)cc2)CC1. The molecule has 1 saturated heterocycles. The van der Waals surface area contributed by atoms with Crippen molar-refractivity contribution in [3.8, 4) is 11.5 Å². The molecule has 1 aliphatic heterocycles. The average molecular weight is 454 g/mol. The Hall–Kier alpha value is -2.33. The number of primary sulfonamides is 1. The first-order valence-corrected chi connectivity index (χ1v) is 11.3. The topological polar surface area (TPSA) is 102 Å². The van der Waals surface area contributed by atoms with Crippen LogP contribution in [-0.4, -0.2) is 70.6 Å². The van der Waals surface area contributed by atoms with E-state index in [9.17, 15) is 13.2 Å². The van der Waals surface area contributed by atoms with Crippen LogP contribution in [0.4, 0.5) is 0 Å². The fraction of sp³-hybridized carbons (Fsp3) is 0.350. The van der Waals surface area contributed by atoms with Crippen molar-refractivity contribution in [1.29, 1.82) is 0 Å². The molecule has 1 heterocycles. The number of methoxy groups -OCH3 is 1. The summed E-state index contributed by atoms with van der Waals surface area (Å²) < 4.78 is 34.2. The number of piperazine rings is 1. The van der Waals surface area contributed by atoms with E-state index in [1.165, 1.54) is 25.3 Å². The van der Waals surface area contributed by atoms with E-state index in [0.717, 1.165) is 12.3 Å². The number of hydrogen-bond donors (Lipinski definition) is 1. The molecule has 1 fully saturated rings. The number of nitrogens with zero attached hydrogens (tertiary/aromatic N) is 2. The number of amides is 1. The van der Waals surface area contributed by atoms with E-state index < -0.39 is 10.0 Å². The van der Waals surface area contributed by atoms with Crippen LogP contribution in [0.15, 0.2) is 47.4 Å². The van der Waals surface area contributed by atoms with Crippen molar-refractivity contribution in [3.63, 3.8) is 0 Å². The maximum atomic E-state index is 12.9. The molecule has 2 N–H and O–H groups in total. The lowest BCUT2D eigenvalue weighted by Crippen LogP contribution is -2.49. The summed E-state index contributed by atoms with van der Waals surface area (Å²) in [4.78, 5) is 16.7. The second-order valence-corrected chi connectivity index (χ2v) is 8.84. The van der Waals surface area contributed by atoms with E-state index in [2.05, 4.69) is 4.90 Å². The zero-order chi connectivity index (χ0) is 21.7. The lowest BCUT2D eigenvalue weighted by Gasteiger charge is -2.34. The van der Waals surface area contributed by atoms with Crippen LogP contribution in [0.5, 0.6) is 11.5 Å². The lowest BCUT2D eigenvalue weighted by molar-refractivity contribution is 0.0617. The number of nitrogens with two attached hydrogens (primary N) is 1. The number of rotatable bonds is 7. The highest BCUT2D eigenvalue weighted by atomic mass is 35.5. The summed E-state index contributed by atoms with van der Waals surface area (Å²) in [6.07, 6.45) is 0. The van der Waals surface area contributed by atoms with E-state index in [1.54, 1.807) is 17.0 Å². The average Bonchev–Trinajstić information content (AvgIpc) is 2.74. The number of ether oxygens (including phenoxy) is 2. The molecule has 0 spiro atoms. The molecule has 162 valence electrons. The van der Waals surface area contributed by atoms with Crippen molar-refractivity contribution < 1.29 is 22.7 Å². The molecule has 8 nitrogen and oxygen atoms in total. The van der Waals surface area contributed by atoms with Gasteiger partial charge in [0.05, 0.1) is 17.6 Å². The molecular formula is C20H24ClN3O5S. The van der Waals surface area contributed by atoms with Crippen LogP contribution in [0, 0.1) is 0 Å². The van der Waals surface area contributed by atoms with Crippen molar-refractivity contribution in [2.24, 2.45) is 5.14 Å². The van der Waals surface area contributed by atoms with Crippen LogP contribution in [0.2, 0.25) is 5.02 Å². The van der Waals surface area contributed by atoms with Gasteiger partial charge in [0.2, 0.25) is 10.0 Å². The highest BCUT2D eigenvalue weighted by Gasteiger charge is 2.25. The molecule has 0 unspecified atom stereocenters. The smallest absolute Gasteiger partial charge is 0.257 e. The van der Waals surface area contributed by atoms with Crippen LogP contribution < -0.4 is 14.6 Å². The lowest BCUT2D eigenvalue weighted by atomic mass is 10.1. The standard InChI is InChI=1S/C20H24ClN3O5S/c1-28-19-7-6-17(30(22,26)27)14-18(19)20(25)24-10-8-23(9-11-24)12-13-29-16-4-2-15(21)3-5-16/h2-7,14H,8-13H2,1H3,(H2,22,26,27). The molecule has 2 aromatic carbocycles. The minimum atomic E-state index is -3.91. The van der Waals surface area contributed by atoms with Gasteiger partial charge in [0, 0.05) is 37.7 Å². The molecular weight excluding hydrogens is 430 g/mol. The van der Waals surface area contributed by atoms with Gasteiger partial charge >= 0.3 is 0 Å². The van der Waals surface area contributed by atoms with Gasteiger partial charge in [0.15, 0.2) is 0 Å². The van der Waals surface area contributed by atoms with E-state index in [0.29, 0.717) is 43.6 Å². The van der Waals surface area contributed by atoms with Crippen molar-refractivity contribution >= 4 is 27.5 Å². The van der Waals surface area contributed by atoms with Gasteiger partial charge in [0.1, 0.15) is 18.1 Å². The van der Waals surface area contributed by atoms with Gasteiger partial charge in [0.25, 0.3) is 5.91 Å². The summed E-state index contributed by atoms with van der Waals surface area (Å²) >= 11 is 5.86. The fourth-order valence-corrected chi connectivity index (χ4v) is 3.87. The number of sulfonamides is 1. The van der Waals surface area contributed by atoms with Gasteiger partial charge in [-0.3, -0.25) is 9.69 Å². The first kappa shape index (κ1) is 22.4. The third-order valence-electron chi connectivity index (χ3n) is 4.88. The quantitative estimate of drug-likeness (QED) is 0.686. The number of carbonyl (C=O) groups excluding carboxylic acids is 1. The Balaban J connectivity index is 1.55. The molecule has 3 rings (SSSR count). The highest BCUT2D eigenvalue weighted by Crippen LogP contribution is 2.24. The zero-order valence-corrected chi connectivity index (χ0v) is 18.2. The number of hydrogen-bond acceptors (Lipinski definition) is 6. The number of halogens is 1. The molecule has 1 amide bonds. The van der Waals surface area contributed by atoms with Crippen LogP contribution in [0.3, 0.4) is 0 Å². The largest absolute Gasteiger partial charge is 0.496 e. The first-order chi connectivity index (χ1) is 14.3. The third kappa shape index (κ3) is 5.63. The third-order valence-corrected chi connectivity index (χ3v) is 6.04. The molecule has 10 heteroatoms. The normalized spacial score (nSPS) is 15.1. The molecule has 1 aliphatic rings. The van der Waals surface area contributed by atoms with E-state index in [4.69, 9.17) is 26.2 Å². The Morgan fingerprint density at radius 3 is 2.37 bits per heavy atom. The summed E-state index contributed by atoms with van der Waals surface area (Å²) in [5.41, 5.74) is 0.184. The van der Waals surface area contributed by atoms with Gasteiger partial charge in [-0.1, -0.05) is 11.6 Å². The molecule has 2 aromatic rings. The van der Waals surface area contributed by atoms with Crippen molar-refractivity contribution in [2.75, 3.05) is 46.4 Å². The van der Waals surface area contributed by atoms with Crippen molar-refractivity contribution in [2.45, 2.75) is 4.90 Å². The molecule has 0 radical (unpaired) electrons. The summed E-state index contributed by atoms with van der Waals surface area (Å²) in [7, 11) is -2.48. The maximum Gasteiger partial charge on any atom is 0.257 e. The Bertz CT molecular complexity index is 990. The summed E-state index contributed by atoms with van der Waals surface area (Å²) in [6, 6.07) is 11.2. The van der Waals surface area contributed by atoms with Crippen LogP contribution in [0.25, 0.3) is 0 Å². The predicted octanol–water partition coefficient (Wildman–Crippen LogP) is 1.83. The molecule has 0 atom stereocenters. The van der Waals surface area contributed by atoms with E-state index in [1.807, 2.05) is 12.1 Å². The summed E-state index contributed by atoms with van der Waals surface area (Å²) in [5, 5.41) is 5.85. The Morgan fingerprint density at radius 2 is 1.77 bits per heavy atom. The Morgan fingerprint density at radius 1 is 1.10 bits per heavy atom. The molecule has 0 aromatic heterocycles. The van der Waals surface area contributed by atoms with Gasteiger partial charge in [-0.05, 0) is 42.5 Å². The van der Waals surface area contributed by atoms with Crippen molar-refractivity contribution in [3.05, 3.63) is 53.1 Å². The van der Waals surface area contributed by atoms with Gasteiger partial charge in [-0.2, -0.15) is 0 Å². The fourth-order valence-electron chi connectivity index (χ4n) is 3.20. The number of benzene rings is 2. The minimum Gasteiger partial charge on any atom is -0.496 e. The summed E-state index contributed by atoms with van der Waals surface area (Å²) in [6.45, 7) is 3.67. The summed E-state index contributed by atoms with van der Waals surface area (Å²) in [5.74, 6) is 0.788. The van der Waals surface area contributed by atoms with Crippen LogP contribution in [0.1, 0.15) is 10.4 Å². The monoisotopic (exact) mass is 453 g/mol. The van der Waals surface area contributed by atoms with Crippen LogP contribution in [-0.2, 0) is 10.0 Å². The van der Waals surface area contributed by atoms with E-state index >= 15 is 0 Å². The maximum absolute atomic E-state index is 12.9. The van der Waals surface area contributed by atoms with E-state index in [-0.39, 0.29) is 16.4 Å². The van der Waals surface area contributed by atoms with Gasteiger partial charge in [-0.25, -0.2) is 13.6 Å². The van der Waals surface area contributed by atoms with Gasteiger partial charge in [-0.15, -0.1) is 0 Å². The molecule has 0 bridgehead atoms. The second kappa shape index (κ2) is 9.65.